The molecule has 0 aliphatic carbocycles. The summed E-state index contributed by atoms with van der Waals surface area (Å²) in [5.74, 6) is 1.08. The van der Waals surface area contributed by atoms with Gasteiger partial charge in [-0.05, 0) is 33.6 Å². The number of nitrogens with zero attached hydrogens (tertiary/aromatic N) is 4. The quantitative estimate of drug-likeness (QED) is 0.888. The molecule has 0 aromatic carbocycles. The van der Waals surface area contributed by atoms with Crippen molar-refractivity contribution in [2.45, 2.75) is 51.2 Å². The second-order valence-corrected chi connectivity index (χ2v) is 7.57. The molecule has 0 bridgehead atoms. The summed E-state index contributed by atoms with van der Waals surface area (Å²) >= 11 is 0. The van der Waals surface area contributed by atoms with Crippen LogP contribution in [-0.2, 0) is 4.74 Å². The number of likely N-dealkylation sites (tertiary alicyclic amines) is 1. The Labute approximate surface area is 142 Å². The predicted octanol–water partition coefficient (Wildman–Crippen LogP) is 1.77. The van der Waals surface area contributed by atoms with Gasteiger partial charge >= 0.3 is 6.09 Å². The molecule has 0 saturated carbocycles. The lowest BCUT2D eigenvalue weighted by Gasteiger charge is -2.41. The highest BCUT2D eigenvalue weighted by atomic mass is 16.6. The maximum absolute atomic E-state index is 12.1. The highest BCUT2D eigenvalue weighted by Gasteiger charge is 2.37. The molecule has 1 aromatic rings. The second-order valence-electron chi connectivity index (χ2n) is 7.57. The number of aromatic nitrogens is 2. The minimum absolute atomic E-state index is 0.188. The third-order valence-corrected chi connectivity index (χ3v) is 4.39. The fraction of sp³-hybridized carbons (Fsp3) is 0.706. The van der Waals surface area contributed by atoms with Gasteiger partial charge in [-0.3, -0.25) is 4.98 Å². The van der Waals surface area contributed by atoms with Gasteiger partial charge in [0.25, 0.3) is 0 Å². The molecule has 1 N–H and O–H groups in total. The van der Waals surface area contributed by atoms with Crippen LogP contribution in [0.3, 0.4) is 0 Å². The van der Waals surface area contributed by atoms with E-state index in [4.69, 9.17) is 4.74 Å². The first kappa shape index (κ1) is 17.0. The molecule has 3 rings (SSSR count). The summed E-state index contributed by atoms with van der Waals surface area (Å²) in [6.45, 7) is 8.40. The van der Waals surface area contributed by atoms with E-state index in [0.717, 1.165) is 37.4 Å². The summed E-state index contributed by atoms with van der Waals surface area (Å²) in [5, 5.41) is 9.68. The molecular weight excluding hydrogens is 308 g/mol. The lowest BCUT2D eigenvalue weighted by Crippen LogP contribution is -2.51. The van der Waals surface area contributed by atoms with Crippen molar-refractivity contribution in [2.75, 3.05) is 31.1 Å². The van der Waals surface area contributed by atoms with Crippen LogP contribution in [0.25, 0.3) is 0 Å². The molecule has 0 radical (unpaired) electrons. The van der Waals surface area contributed by atoms with Gasteiger partial charge < -0.3 is 19.6 Å². The third-order valence-electron chi connectivity index (χ3n) is 4.39. The van der Waals surface area contributed by atoms with E-state index in [0.29, 0.717) is 13.1 Å². The van der Waals surface area contributed by atoms with E-state index in [9.17, 15) is 9.90 Å². The predicted molar refractivity (Wildman–Crippen MR) is 90.0 cm³/mol. The molecule has 1 aromatic heterocycles. The van der Waals surface area contributed by atoms with Crippen molar-refractivity contribution in [1.29, 1.82) is 0 Å². The molecule has 0 spiro atoms. The number of rotatable bonds is 2. The lowest BCUT2D eigenvalue weighted by atomic mass is 9.95. The summed E-state index contributed by atoms with van der Waals surface area (Å²) in [5.41, 5.74) is 0.461. The standard InChI is InChI=1S/C17H26N4O3/c1-17(2,3)24-16(23)21-10-12(11-21)14-15(19-7-6-18-14)20-8-4-13(22)5-9-20/h6-7,12-13,22H,4-5,8-11H2,1-3H3. The van der Waals surface area contributed by atoms with E-state index in [1.54, 1.807) is 17.3 Å². The van der Waals surface area contributed by atoms with Crippen LogP contribution >= 0.6 is 0 Å². The molecule has 2 aliphatic rings. The van der Waals surface area contributed by atoms with Crippen LogP contribution in [0.5, 0.6) is 0 Å². The van der Waals surface area contributed by atoms with Crippen LogP contribution in [-0.4, -0.2) is 64.0 Å². The van der Waals surface area contributed by atoms with E-state index >= 15 is 0 Å². The van der Waals surface area contributed by atoms with E-state index in [1.165, 1.54) is 0 Å². The minimum Gasteiger partial charge on any atom is -0.444 e. The number of hydrogen-bond acceptors (Lipinski definition) is 6. The lowest BCUT2D eigenvalue weighted by molar-refractivity contribution is 0.00785. The summed E-state index contributed by atoms with van der Waals surface area (Å²) in [7, 11) is 0. The number of aliphatic hydroxyl groups is 1. The van der Waals surface area contributed by atoms with Crippen LogP contribution in [0.4, 0.5) is 10.6 Å². The molecule has 7 heteroatoms. The fourth-order valence-electron chi connectivity index (χ4n) is 3.08. The SMILES string of the molecule is CC(C)(C)OC(=O)N1CC(c2nccnc2N2CCC(O)CC2)C1. The van der Waals surface area contributed by atoms with Crippen molar-refractivity contribution < 1.29 is 14.6 Å². The van der Waals surface area contributed by atoms with Gasteiger partial charge in [-0.2, -0.15) is 0 Å². The molecular formula is C17H26N4O3. The summed E-state index contributed by atoms with van der Waals surface area (Å²) in [4.78, 5) is 25.0. The first-order chi connectivity index (χ1) is 11.3. The van der Waals surface area contributed by atoms with E-state index in [1.807, 2.05) is 20.8 Å². The van der Waals surface area contributed by atoms with Crippen LogP contribution in [0.1, 0.15) is 45.2 Å². The van der Waals surface area contributed by atoms with Crippen molar-refractivity contribution in [3.05, 3.63) is 18.1 Å². The zero-order valence-corrected chi connectivity index (χ0v) is 14.6. The Bertz CT molecular complexity index is 588. The Morgan fingerprint density at radius 3 is 2.46 bits per heavy atom. The smallest absolute Gasteiger partial charge is 0.410 e. The maximum Gasteiger partial charge on any atom is 0.410 e. The molecule has 2 fully saturated rings. The van der Waals surface area contributed by atoms with Gasteiger partial charge in [0.1, 0.15) is 5.60 Å². The second kappa shape index (κ2) is 6.55. The highest BCUT2D eigenvalue weighted by Crippen LogP contribution is 2.33. The molecule has 0 unspecified atom stereocenters. The Kier molecular flexibility index (Phi) is 4.62. The number of anilines is 1. The Hall–Kier alpha value is -1.89. The molecule has 132 valence electrons. The maximum atomic E-state index is 12.1. The van der Waals surface area contributed by atoms with Gasteiger partial charge in [0.15, 0.2) is 5.82 Å². The molecule has 3 heterocycles. The monoisotopic (exact) mass is 334 g/mol. The molecule has 24 heavy (non-hydrogen) atoms. The average molecular weight is 334 g/mol. The number of ether oxygens (including phenoxy) is 1. The van der Waals surface area contributed by atoms with Crippen LogP contribution in [0.15, 0.2) is 12.4 Å². The number of carbonyl (C=O) groups is 1. The number of piperidine rings is 1. The summed E-state index contributed by atoms with van der Waals surface area (Å²) < 4.78 is 5.40. The number of carbonyl (C=O) groups excluding carboxylic acids is 1. The van der Waals surface area contributed by atoms with Crippen LogP contribution in [0, 0.1) is 0 Å². The third kappa shape index (κ3) is 3.77. The Morgan fingerprint density at radius 2 is 1.83 bits per heavy atom. The summed E-state index contributed by atoms with van der Waals surface area (Å²) in [6, 6.07) is 0. The van der Waals surface area contributed by atoms with E-state index < -0.39 is 5.60 Å². The largest absolute Gasteiger partial charge is 0.444 e. The van der Waals surface area contributed by atoms with E-state index in [2.05, 4.69) is 14.9 Å². The van der Waals surface area contributed by atoms with Gasteiger partial charge in [-0.25, -0.2) is 9.78 Å². The van der Waals surface area contributed by atoms with Crippen molar-refractivity contribution in [3.63, 3.8) is 0 Å². The van der Waals surface area contributed by atoms with Crippen molar-refractivity contribution in [2.24, 2.45) is 0 Å². The normalized spacial score (nSPS) is 20.0. The molecule has 2 saturated heterocycles. The molecule has 1 amide bonds. The van der Waals surface area contributed by atoms with E-state index in [-0.39, 0.29) is 18.1 Å². The number of aliphatic hydroxyl groups excluding tert-OH is 1. The first-order valence-electron chi connectivity index (χ1n) is 8.55. The highest BCUT2D eigenvalue weighted by molar-refractivity contribution is 5.69. The Balaban J connectivity index is 1.64. The van der Waals surface area contributed by atoms with Gasteiger partial charge in [0, 0.05) is 44.5 Å². The first-order valence-corrected chi connectivity index (χ1v) is 8.55. The average Bonchev–Trinajstić information content (AvgIpc) is 2.45. The van der Waals surface area contributed by atoms with Crippen LogP contribution < -0.4 is 4.90 Å². The van der Waals surface area contributed by atoms with Crippen LogP contribution in [0.2, 0.25) is 0 Å². The number of amides is 1. The van der Waals surface area contributed by atoms with Crippen molar-refractivity contribution in [3.8, 4) is 0 Å². The minimum atomic E-state index is -0.478. The molecule has 2 aliphatic heterocycles. The Morgan fingerprint density at radius 1 is 1.21 bits per heavy atom. The zero-order valence-electron chi connectivity index (χ0n) is 14.6. The van der Waals surface area contributed by atoms with Gasteiger partial charge in [-0.1, -0.05) is 0 Å². The number of hydrogen-bond donors (Lipinski definition) is 1. The van der Waals surface area contributed by atoms with Crippen molar-refractivity contribution in [1.82, 2.24) is 14.9 Å². The molecule has 0 atom stereocenters. The molecule has 7 nitrogen and oxygen atoms in total. The fourth-order valence-corrected chi connectivity index (χ4v) is 3.08. The van der Waals surface area contributed by atoms with Gasteiger partial charge in [0.2, 0.25) is 0 Å². The summed E-state index contributed by atoms with van der Waals surface area (Å²) in [6.07, 6.45) is 4.43. The van der Waals surface area contributed by atoms with Crippen molar-refractivity contribution >= 4 is 11.9 Å². The van der Waals surface area contributed by atoms with Gasteiger partial charge in [-0.15, -0.1) is 0 Å². The topological polar surface area (TPSA) is 78.8 Å². The van der Waals surface area contributed by atoms with Gasteiger partial charge in [0.05, 0.1) is 11.8 Å². The zero-order chi connectivity index (χ0) is 17.3.